The number of nitrogens with zero attached hydrogens (tertiary/aromatic N) is 2. The Labute approximate surface area is 142 Å². The average molecular weight is 337 g/mol. The normalized spacial score (nSPS) is 15.2. The molecule has 1 N–H and O–H groups in total. The molecule has 7 heteroatoms. The molecule has 0 atom stereocenters. The molecular weight excluding hydrogens is 310 g/mol. The van der Waals surface area contributed by atoms with Gasteiger partial charge in [0.05, 0.1) is 19.9 Å². The molecule has 0 unspecified atom stereocenters. The summed E-state index contributed by atoms with van der Waals surface area (Å²) in [6, 6.07) is 1.58. The van der Waals surface area contributed by atoms with Crippen molar-refractivity contribution in [3.05, 3.63) is 28.2 Å². The van der Waals surface area contributed by atoms with Crippen LogP contribution in [0.15, 0.2) is 17.1 Å². The second kappa shape index (κ2) is 9.44. The van der Waals surface area contributed by atoms with Crippen LogP contribution in [0.5, 0.6) is 5.75 Å². The first-order valence-corrected chi connectivity index (χ1v) is 8.39. The van der Waals surface area contributed by atoms with Gasteiger partial charge in [-0.1, -0.05) is 6.42 Å². The van der Waals surface area contributed by atoms with Crippen molar-refractivity contribution in [1.82, 2.24) is 14.8 Å². The van der Waals surface area contributed by atoms with Gasteiger partial charge in [-0.05, 0) is 25.9 Å². The van der Waals surface area contributed by atoms with E-state index in [1.165, 1.54) is 26.4 Å². The van der Waals surface area contributed by atoms with E-state index in [9.17, 15) is 9.59 Å². The first kappa shape index (κ1) is 18.5. The van der Waals surface area contributed by atoms with Gasteiger partial charge in [-0.15, -0.1) is 0 Å². The number of hydrogen-bond donors (Lipinski definition) is 1. The van der Waals surface area contributed by atoms with Gasteiger partial charge in [-0.25, -0.2) is 0 Å². The largest absolute Gasteiger partial charge is 0.491 e. The van der Waals surface area contributed by atoms with Crippen LogP contribution < -0.4 is 15.5 Å². The summed E-state index contributed by atoms with van der Waals surface area (Å²) in [5.74, 6) is 0.139. The molecular formula is C17H27N3O4. The third-order valence-corrected chi connectivity index (χ3v) is 4.18. The molecule has 1 fully saturated rings. The van der Waals surface area contributed by atoms with Crippen LogP contribution in [0.4, 0.5) is 0 Å². The fraction of sp³-hybridized carbons (Fsp3) is 0.647. The highest BCUT2D eigenvalue weighted by molar-refractivity contribution is 5.75. The van der Waals surface area contributed by atoms with Gasteiger partial charge < -0.3 is 19.4 Å². The molecule has 2 heterocycles. The molecule has 0 spiro atoms. The average Bonchev–Trinajstić information content (AvgIpc) is 2.58. The molecule has 1 aliphatic rings. The Morgan fingerprint density at radius 1 is 1.25 bits per heavy atom. The summed E-state index contributed by atoms with van der Waals surface area (Å²) >= 11 is 0. The van der Waals surface area contributed by atoms with E-state index in [0.717, 1.165) is 18.8 Å². The minimum Gasteiger partial charge on any atom is -0.491 e. The first-order chi connectivity index (χ1) is 11.6. The Morgan fingerprint density at radius 2 is 2.00 bits per heavy atom. The smallest absolute Gasteiger partial charge is 0.240 e. The maximum absolute atomic E-state index is 12.1. The monoisotopic (exact) mass is 337 g/mol. The quantitative estimate of drug-likeness (QED) is 0.704. The number of carbonyl (C=O) groups excluding carboxylic acids is 1. The van der Waals surface area contributed by atoms with E-state index in [2.05, 4.69) is 10.2 Å². The number of nitrogens with one attached hydrogen (secondary N) is 1. The maximum Gasteiger partial charge on any atom is 0.240 e. The van der Waals surface area contributed by atoms with Crippen molar-refractivity contribution in [2.45, 2.75) is 32.4 Å². The minimum atomic E-state index is -0.152. The first-order valence-electron chi connectivity index (χ1n) is 8.39. The Kier molecular flexibility index (Phi) is 7.27. The van der Waals surface area contributed by atoms with Crippen LogP contribution in [0.25, 0.3) is 0 Å². The van der Waals surface area contributed by atoms with Gasteiger partial charge in [0.1, 0.15) is 6.54 Å². The third kappa shape index (κ3) is 5.35. The number of piperidine rings is 1. The zero-order chi connectivity index (χ0) is 17.4. The summed E-state index contributed by atoms with van der Waals surface area (Å²) in [7, 11) is 3.06. The molecule has 7 nitrogen and oxygen atoms in total. The van der Waals surface area contributed by atoms with Crippen molar-refractivity contribution in [2.24, 2.45) is 0 Å². The second-order valence-electron chi connectivity index (χ2n) is 6.00. The Morgan fingerprint density at radius 3 is 2.67 bits per heavy atom. The predicted octanol–water partition coefficient (Wildman–Crippen LogP) is 0.605. The maximum atomic E-state index is 12.1. The molecule has 1 aromatic rings. The lowest BCUT2D eigenvalue weighted by molar-refractivity contribution is -0.121. The molecule has 0 radical (unpaired) electrons. The fourth-order valence-electron chi connectivity index (χ4n) is 2.88. The van der Waals surface area contributed by atoms with E-state index in [1.54, 1.807) is 23.9 Å². The SMILES string of the molecule is COCCNC(=O)Cn1cc(OC)c(=O)cc1CN1CCCCC1. The molecule has 1 aliphatic heterocycles. The number of pyridine rings is 1. The van der Waals surface area contributed by atoms with Crippen LogP contribution in [0.1, 0.15) is 25.0 Å². The van der Waals surface area contributed by atoms with E-state index >= 15 is 0 Å². The Balaban J connectivity index is 2.13. The van der Waals surface area contributed by atoms with E-state index in [-0.39, 0.29) is 23.6 Å². The summed E-state index contributed by atoms with van der Waals surface area (Å²) < 4.78 is 11.8. The zero-order valence-corrected chi connectivity index (χ0v) is 14.5. The molecule has 1 amide bonds. The topological polar surface area (TPSA) is 72.8 Å². The molecule has 24 heavy (non-hydrogen) atoms. The molecule has 134 valence electrons. The fourth-order valence-corrected chi connectivity index (χ4v) is 2.88. The van der Waals surface area contributed by atoms with Crippen LogP contribution in [0.2, 0.25) is 0 Å². The van der Waals surface area contributed by atoms with Crippen LogP contribution in [0.3, 0.4) is 0 Å². The third-order valence-electron chi connectivity index (χ3n) is 4.18. The highest BCUT2D eigenvalue weighted by Gasteiger charge is 2.15. The standard InChI is InChI=1S/C17H27N3O4/c1-23-9-6-18-17(22)13-20-12-16(24-2)15(21)10-14(20)11-19-7-4-3-5-8-19/h10,12H,3-9,11,13H2,1-2H3,(H,18,22). The lowest BCUT2D eigenvalue weighted by Gasteiger charge is -2.27. The lowest BCUT2D eigenvalue weighted by Crippen LogP contribution is -2.34. The van der Waals surface area contributed by atoms with Crippen molar-refractivity contribution in [2.75, 3.05) is 40.5 Å². The van der Waals surface area contributed by atoms with Crippen LogP contribution >= 0.6 is 0 Å². The molecule has 2 rings (SSSR count). The minimum absolute atomic E-state index is 0.113. The highest BCUT2D eigenvalue weighted by Crippen LogP contribution is 2.14. The number of ether oxygens (including phenoxy) is 2. The number of carbonyl (C=O) groups is 1. The predicted molar refractivity (Wildman–Crippen MR) is 91.3 cm³/mol. The summed E-state index contributed by atoms with van der Waals surface area (Å²) in [5, 5.41) is 2.80. The second-order valence-corrected chi connectivity index (χ2v) is 6.00. The Hall–Kier alpha value is -1.86. The van der Waals surface area contributed by atoms with Crippen molar-refractivity contribution in [3.63, 3.8) is 0 Å². The van der Waals surface area contributed by atoms with Gasteiger partial charge in [-0.2, -0.15) is 0 Å². The highest BCUT2D eigenvalue weighted by atomic mass is 16.5. The number of amides is 1. The van der Waals surface area contributed by atoms with Crippen LogP contribution in [0, 0.1) is 0 Å². The van der Waals surface area contributed by atoms with Gasteiger partial charge in [0.2, 0.25) is 11.3 Å². The summed E-state index contributed by atoms with van der Waals surface area (Å²) in [6.45, 7) is 3.82. The van der Waals surface area contributed by atoms with Gasteiger partial charge >= 0.3 is 0 Å². The van der Waals surface area contributed by atoms with E-state index in [1.807, 2.05) is 0 Å². The zero-order valence-electron chi connectivity index (χ0n) is 14.5. The molecule has 1 aromatic heterocycles. The lowest BCUT2D eigenvalue weighted by atomic mass is 10.1. The summed E-state index contributed by atoms with van der Waals surface area (Å²) in [4.78, 5) is 26.5. The van der Waals surface area contributed by atoms with Gasteiger partial charge in [0, 0.05) is 32.0 Å². The van der Waals surface area contributed by atoms with Crippen LogP contribution in [-0.2, 0) is 22.6 Å². The van der Waals surface area contributed by atoms with Crippen molar-refractivity contribution in [3.8, 4) is 5.75 Å². The van der Waals surface area contributed by atoms with Crippen molar-refractivity contribution in [1.29, 1.82) is 0 Å². The van der Waals surface area contributed by atoms with E-state index < -0.39 is 0 Å². The molecule has 1 saturated heterocycles. The number of likely N-dealkylation sites (tertiary alicyclic amines) is 1. The number of aromatic nitrogens is 1. The van der Waals surface area contributed by atoms with Crippen LogP contribution in [-0.4, -0.2) is 55.8 Å². The van der Waals surface area contributed by atoms with Gasteiger partial charge in [0.25, 0.3) is 0 Å². The molecule has 0 bridgehead atoms. The van der Waals surface area contributed by atoms with Crippen molar-refractivity contribution < 1.29 is 14.3 Å². The number of rotatable bonds is 8. The number of hydrogen-bond acceptors (Lipinski definition) is 5. The summed E-state index contributed by atoms with van der Waals surface area (Å²) in [5.41, 5.74) is 0.685. The Bertz CT molecular complexity index is 594. The van der Waals surface area contributed by atoms with Gasteiger partial charge in [0.15, 0.2) is 5.75 Å². The molecule has 0 aliphatic carbocycles. The van der Waals surface area contributed by atoms with E-state index in [0.29, 0.717) is 19.7 Å². The molecule has 0 aromatic carbocycles. The van der Waals surface area contributed by atoms with Gasteiger partial charge in [-0.3, -0.25) is 14.5 Å². The van der Waals surface area contributed by atoms with E-state index in [4.69, 9.17) is 9.47 Å². The van der Waals surface area contributed by atoms with Crippen molar-refractivity contribution >= 4 is 5.91 Å². The summed E-state index contributed by atoms with van der Waals surface area (Å²) in [6.07, 6.45) is 5.24. The molecule has 0 saturated carbocycles. The number of methoxy groups -OCH3 is 2.